The van der Waals surface area contributed by atoms with E-state index in [2.05, 4.69) is 5.16 Å². The minimum Gasteiger partial charge on any atom is -0.411 e. The summed E-state index contributed by atoms with van der Waals surface area (Å²) in [7, 11) is 0. The second-order valence-corrected chi connectivity index (χ2v) is 4.32. The van der Waals surface area contributed by atoms with E-state index in [-0.39, 0.29) is 24.3 Å². The summed E-state index contributed by atoms with van der Waals surface area (Å²) in [4.78, 5) is 22.1. The van der Waals surface area contributed by atoms with Gasteiger partial charge in [0.05, 0.1) is 5.71 Å². The summed E-state index contributed by atoms with van der Waals surface area (Å²) in [5.41, 5.74) is -1.24. The first-order chi connectivity index (χ1) is 7.45. The van der Waals surface area contributed by atoms with Gasteiger partial charge in [-0.15, -0.1) is 0 Å². The zero-order valence-corrected chi connectivity index (χ0v) is 9.81. The molecular weight excluding hydrogens is 255 g/mol. The van der Waals surface area contributed by atoms with Crippen molar-refractivity contribution in [2.45, 2.75) is 25.7 Å². The molecule has 88 valence electrons. The molecule has 0 aromatic rings. The summed E-state index contributed by atoms with van der Waals surface area (Å²) in [6.45, 7) is 0. The highest BCUT2D eigenvalue weighted by atomic mass is 35.5. The molecule has 1 rings (SSSR count). The fourth-order valence-electron chi connectivity index (χ4n) is 1.89. The van der Waals surface area contributed by atoms with Crippen molar-refractivity contribution < 1.29 is 14.8 Å². The Bertz CT molecular complexity index is 381. The van der Waals surface area contributed by atoms with E-state index in [4.69, 9.17) is 33.8 Å². The van der Waals surface area contributed by atoms with Gasteiger partial charge in [-0.25, -0.2) is 0 Å². The number of hydrogen-bond donors (Lipinski definition) is 2. The van der Waals surface area contributed by atoms with Crippen LogP contribution in [0.1, 0.15) is 25.7 Å². The number of rotatable bonds is 4. The van der Waals surface area contributed by atoms with Crippen molar-refractivity contribution in [2.75, 3.05) is 0 Å². The highest BCUT2D eigenvalue weighted by Crippen LogP contribution is 2.39. The first kappa shape index (κ1) is 13.1. The molecule has 0 bridgehead atoms. The third kappa shape index (κ3) is 2.10. The summed E-state index contributed by atoms with van der Waals surface area (Å²) < 4.78 is 0. The normalized spacial score (nSPS) is 27.4. The van der Waals surface area contributed by atoms with Crippen LogP contribution in [0.3, 0.4) is 0 Å². The average molecular weight is 265 g/mol. The molecule has 7 heteroatoms. The van der Waals surface area contributed by atoms with Crippen molar-refractivity contribution in [2.24, 2.45) is 10.6 Å². The van der Waals surface area contributed by atoms with Gasteiger partial charge in [0.15, 0.2) is 0 Å². The monoisotopic (exact) mass is 264 g/mol. The van der Waals surface area contributed by atoms with Crippen LogP contribution < -0.4 is 0 Å². The predicted molar refractivity (Wildman–Crippen MR) is 59.6 cm³/mol. The van der Waals surface area contributed by atoms with Crippen LogP contribution in [-0.4, -0.2) is 27.1 Å². The molecule has 0 amide bonds. The zero-order chi connectivity index (χ0) is 12.3. The standard InChI is InChI=1S/C9H10Cl2N2O3/c10-7(14)3-4-9(8(11)15)5(12)1-2-6(9)13-16/h12,16H,1-4H2. The number of hydrogen-bond acceptors (Lipinski definition) is 5. The molecule has 1 fully saturated rings. The van der Waals surface area contributed by atoms with Gasteiger partial charge in [0.1, 0.15) is 5.41 Å². The number of carbonyl (C=O) groups is 2. The molecule has 1 saturated carbocycles. The molecule has 16 heavy (non-hydrogen) atoms. The molecule has 1 aliphatic carbocycles. The molecule has 1 aliphatic rings. The van der Waals surface area contributed by atoms with E-state index < -0.39 is 15.9 Å². The smallest absolute Gasteiger partial charge is 0.239 e. The molecule has 5 nitrogen and oxygen atoms in total. The Morgan fingerprint density at radius 2 is 2.06 bits per heavy atom. The topological polar surface area (TPSA) is 90.6 Å². The van der Waals surface area contributed by atoms with Gasteiger partial charge in [-0.1, -0.05) is 5.16 Å². The van der Waals surface area contributed by atoms with Gasteiger partial charge < -0.3 is 10.6 Å². The van der Waals surface area contributed by atoms with Crippen molar-refractivity contribution in [1.29, 1.82) is 5.41 Å². The fourth-order valence-corrected chi connectivity index (χ4v) is 2.30. The maximum absolute atomic E-state index is 11.4. The molecule has 1 unspecified atom stereocenters. The Morgan fingerprint density at radius 1 is 1.44 bits per heavy atom. The highest BCUT2D eigenvalue weighted by molar-refractivity contribution is 6.70. The Balaban J connectivity index is 3.08. The van der Waals surface area contributed by atoms with Crippen LogP contribution in [0.5, 0.6) is 0 Å². The zero-order valence-electron chi connectivity index (χ0n) is 8.30. The Kier molecular flexibility index (Phi) is 4.04. The first-order valence-electron chi connectivity index (χ1n) is 4.62. The van der Waals surface area contributed by atoms with Gasteiger partial charge in [0, 0.05) is 12.1 Å². The van der Waals surface area contributed by atoms with Gasteiger partial charge in [-0.2, -0.15) is 0 Å². The average Bonchev–Trinajstić information content (AvgIpc) is 2.53. The van der Waals surface area contributed by atoms with E-state index in [1.807, 2.05) is 0 Å². The lowest BCUT2D eigenvalue weighted by Crippen LogP contribution is -2.39. The first-order valence-corrected chi connectivity index (χ1v) is 5.38. The van der Waals surface area contributed by atoms with Crippen molar-refractivity contribution in [3.8, 4) is 0 Å². The molecule has 0 aromatic heterocycles. The van der Waals surface area contributed by atoms with E-state index in [1.54, 1.807) is 0 Å². The van der Waals surface area contributed by atoms with Crippen LogP contribution in [0.25, 0.3) is 0 Å². The molecule has 0 aliphatic heterocycles. The van der Waals surface area contributed by atoms with Crippen LogP contribution in [-0.2, 0) is 9.59 Å². The van der Waals surface area contributed by atoms with E-state index >= 15 is 0 Å². The van der Waals surface area contributed by atoms with Crippen LogP contribution in [0.4, 0.5) is 0 Å². The quantitative estimate of drug-likeness (QED) is 0.462. The largest absolute Gasteiger partial charge is 0.411 e. The second-order valence-electron chi connectivity index (χ2n) is 3.56. The van der Waals surface area contributed by atoms with Crippen LogP contribution in [0.2, 0.25) is 0 Å². The predicted octanol–water partition coefficient (Wildman–Crippen LogP) is 1.93. The van der Waals surface area contributed by atoms with Crippen molar-refractivity contribution in [3.63, 3.8) is 0 Å². The molecular formula is C9H10Cl2N2O3. The maximum Gasteiger partial charge on any atom is 0.239 e. The summed E-state index contributed by atoms with van der Waals surface area (Å²) in [6, 6.07) is 0. The van der Waals surface area contributed by atoms with Crippen LogP contribution >= 0.6 is 23.2 Å². The van der Waals surface area contributed by atoms with E-state index in [1.165, 1.54) is 0 Å². The lowest BCUT2D eigenvalue weighted by Gasteiger charge is -2.24. The van der Waals surface area contributed by atoms with Crippen molar-refractivity contribution >= 4 is 45.1 Å². The van der Waals surface area contributed by atoms with Gasteiger partial charge in [-0.3, -0.25) is 9.59 Å². The Labute approximate surface area is 102 Å². The number of nitrogens with zero attached hydrogens (tertiary/aromatic N) is 1. The van der Waals surface area contributed by atoms with E-state index in [0.717, 1.165) is 0 Å². The Morgan fingerprint density at radius 3 is 2.50 bits per heavy atom. The minimum atomic E-state index is -1.44. The second kappa shape index (κ2) is 4.93. The maximum atomic E-state index is 11.4. The molecule has 1 atom stereocenters. The van der Waals surface area contributed by atoms with Crippen molar-refractivity contribution in [1.82, 2.24) is 0 Å². The SMILES string of the molecule is N=C1CCC(=NO)C1(CCC(=O)Cl)C(=O)Cl. The highest BCUT2D eigenvalue weighted by Gasteiger charge is 2.50. The lowest BCUT2D eigenvalue weighted by molar-refractivity contribution is -0.116. The van der Waals surface area contributed by atoms with E-state index in [0.29, 0.717) is 12.8 Å². The van der Waals surface area contributed by atoms with Crippen LogP contribution in [0.15, 0.2) is 5.16 Å². The molecule has 2 N–H and O–H groups in total. The third-order valence-corrected chi connectivity index (χ3v) is 3.28. The van der Waals surface area contributed by atoms with Crippen LogP contribution in [0, 0.1) is 10.8 Å². The molecule has 0 aromatic carbocycles. The summed E-state index contributed by atoms with van der Waals surface area (Å²) >= 11 is 10.7. The molecule has 0 heterocycles. The number of carbonyl (C=O) groups excluding carboxylic acids is 2. The van der Waals surface area contributed by atoms with E-state index in [9.17, 15) is 9.59 Å². The summed E-state index contributed by atoms with van der Waals surface area (Å²) in [5, 5.41) is 18.1. The molecule has 0 radical (unpaired) electrons. The van der Waals surface area contributed by atoms with Gasteiger partial charge in [0.2, 0.25) is 10.5 Å². The fraction of sp³-hybridized carbons (Fsp3) is 0.556. The van der Waals surface area contributed by atoms with Gasteiger partial charge in [-0.05, 0) is 42.5 Å². The number of oxime groups is 1. The summed E-state index contributed by atoms with van der Waals surface area (Å²) in [6.07, 6.45) is 0.482. The van der Waals surface area contributed by atoms with Gasteiger partial charge in [0.25, 0.3) is 0 Å². The van der Waals surface area contributed by atoms with Crippen molar-refractivity contribution in [3.05, 3.63) is 0 Å². The molecule has 0 saturated heterocycles. The summed E-state index contributed by atoms with van der Waals surface area (Å²) in [5.74, 6) is 0. The minimum absolute atomic E-state index is 0.0180. The lowest BCUT2D eigenvalue weighted by atomic mass is 9.80. The Hall–Kier alpha value is -0.940. The van der Waals surface area contributed by atoms with Gasteiger partial charge >= 0.3 is 0 Å². The number of halogens is 2. The molecule has 0 spiro atoms. The third-order valence-electron chi connectivity index (χ3n) is 2.77. The number of nitrogens with one attached hydrogen (secondary N) is 1.